The predicted octanol–water partition coefficient (Wildman–Crippen LogP) is 5.19. The third kappa shape index (κ3) is 4.18. The van der Waals surface area contributed by atoms with Crippen LogP contribution in [0.5, 0.6) is 0 Å². The minimum Gasteiger partial charge on any atom is -0.460 e. The van der Waals surface area contributed by atoms with E-state index in [-0.39, 0.29) is 18.3 Å². The molecule has 0 saturated carbocycles. The zero-order chi connectivity index (χ0) is 19.7. The van der Waals surface area contributed by atoms with Gasteiger partial charge in [-0.25, -0.2) is 4.79 Å². The van der Waals surface area contributed by atoms with Crippen LogP contribution in [0, 0.1) is 6.92 Å². The number of aryl methyl sites for hydroxylation is 3. The number of hydrogen-bond donors (Lipinski definition) is 0. The minimum absolute atomic E-state index is 0.0690. The van der Waals surface area contributed by atoms with Gasteiger partial charge in [-0.3, -0.25) is 4.79 Å². The van der Waals surface area contributed by atoms with E-state index in [0.29, 0.717) is 11.1 Å². The standard InChI is InChI=1S/C22H19BrO4S/c1-13-7-17(23)5-6-20(13)28-12-22(25)26-11-16-10-21(24)27-19-9-15-4-2-3-14(15)8-18(16)19/h5-10H,2-4,11-12H2,1H3. The molecule has 1 aliphatic carbocycles. The minimum atomic E-state index is -0.420. The summed E-state index contributed by atoms with van der Waals surface area (Å²) in [6.07, 6.45) is 3.17. The maximum atomic E-state index is 12.2. The number of thioether (sulfide) groups is 1. The van der Waals surface area contributed by atoms with Gasteiger partial charge in [0.2, 0.25) is 0 Å². The van der Waals surface area contributed by atoms with Crippen LogP contribution in [0.1, 0.15) is 28.7 Å². The molecule has 0 radical (unpaired) electrons. The summed E-state index contributed by atoms with van der Waals surface area (Å²) in [5, 5.41) is 0.851. The summed E-state index contributed by atoms with van der Waals surface area (Å²) in [6, 6.07) is 11.4. The quantitative estimate of drug-likeness (QED) is 0.299. The van der Waals surface area contributed by atoms with Gasteiger partial charge in [-0.05, 0) is 73.2 Å². The van der Waals surface area contributed by atoms with Crippen molar-refractivity contribution >= 4 is 44.6 Å². The largest absolute Gasteiger partial charge is 0.460 e. The van der Waals surface area contributed by atoms with E-state index in [1.165, 1.54) is 29.0 Å². The molecule has 6 heteroatoms. The van der Waals surface area contributed by atoms with E-state index >= 15 is 0 Å². The van der Waals surface area contributed by atoms with Gasteiger partial charge in [-0.1, -0.05) is 15.9 Å². The first kappa shape index (κ1) is 19.3. The van der Waals surface area contributed by atoms with E-state index in [2.05, 4.69) is 22.0 Å². The highest BCUT2D eigenvalue weighted by Gasteiger charge is 2.16. The molecule has 0 N–H and O–H groups in total. The van der Waals surface area contributed by atoms with Gasteiger partial charge in [0.1, 0.15) is 12.2 Å². The lowest BCUT2D eigenvalue weighted by Crippen LogP contribution is -2.09. The van der Waals surface area contributed by atoms with Crippen LogP contribution in [0.2, 0.25) is 0 Å². The fourth-order valence-electron chi connectivity index (χ4n) is 3.53. The average molecular weight is 459 g/mol. The van der Waals surface area contributed by atoms with Crippen molar-refractivity contribution in [1.29, 1.82) is 0 Å². The van der Waals surface area contributed by atoms with Gasteiger partial charge >= 0.3 is 11.6 Å². The van der Waals surface area contributed by atoms with Crippen LogP contribution in [-0.2, 0) is 29.0 Å². The Hall–Kier alpha value is -2.05. The highest BCUT2D eigenvalue weighted by atomic mass is 79.9. The van der Waals surface area contributed by atoms with Crippen molar-refractivity contribution in [3.05, 3.63) is 73.5 Å². The van der Waals surface area contributed by atoms with Gasteiger partial charge in [0.15, 0.2) is 0 Å². The van der Waals surface area contributed by atoms with Crippen molar-refractivity contribution in [2.75, 3.05) is 5.75 Å². The maximum Gasteiger partial charge on any atom is 0.336 e. The number of hydrogen-bond acceptors (Lipinski definition) is 5. The second-order valence-corrected chi connectivity index (χ2v) is 8.85. The average Bonchev–Trinajstić information content (AvgIpc) is 3.11. The molecule has 0 spiro atoms. The molecule has 2 aromatic carbocycles. The van der Waals surface area contributed by atoms with Crippen LogP contribution < -0.4 is 5.63 Å². The zero-order valence-electron chi connectivity index (χ0n) is 15.4. The molecule has 0 saturated heterocycles. The van der Waals surface area contributed by atoms with Crippen LogP contribution in [0.3, 0.4) is 0 Å². The molecule has 3 aromatic rings. The number of carbonyl (C=O) groups excluding carboxylic acids is 1. The number of halogens is 1. The number of esters is 1. The Labute approximate surface area is 175 Å². The lowest BCUT2D eigenvalue weighted by atomic mass is 10.0. The van der Waals surface area contributed by atoms with Crippen LogP contribution in [0.4, 0.5) is 0 Å². The molecule has 0 bridgehead atoms. The Morgan fingerprint density at radius 1 is 1.18 bits per heavy atom. The third-order valence-electron chi connectivity index (χ3n) is 4.91. The molecule has 0 amide bonds. The third-order valence-corrected chi connectivity index (χ3v) is 6.56. The first-order valence-electron chi connectivity index (χ1n) is 9.13. The number of ether oxygens (including phenoxy) is 1. The molecule has 1 heterocycles. The first-order chi connectivity index (χ1) is 13.5. The predicted molar refractivity (Wildman–Crippen MR) is 114 cm³/mol. The summed E-state index contributed by atoms with van der Waals surface area (Å²) in [5.74, 6) is -0.0908. The second-order valence-electron chi connectivity index (χ2n) is 6.92. The van der Waals surface area contributed by atoms with E-state index in [4.69, 9.17) is 9.15 Å². The van der Waals surface area contributed by atoms with Crippen LogP contribution >= 0.6 is 27.7 Å². The van der Waals surface area contributed by atoms with E-state index in [1.54, 1.807) is 0 Å². The lowest BCUT2D eigenvalue weighted by molar-refractivity contribution is -0.141. The number of rotatable bonds is 5. The van der Waals surface area contributed by atoms with Gasteiger partial charge in [-0.15, -0.1) is 11.8 Å². The Balaban J connectivity index is 1.46. The normalized spacial score (nSPS) is 12.9. The highest BCUT2D eigenvalue weighted by molar-refractivity contribution is 9.10. The molecule has 0 atom stereocenters. The van der Waals surface area contributed by atoms with E-state index in [0.717, 1.165) is 39.6 Å². The fraction of sp³-hybridized carbons (Fsp3) is 0.273. The molecule has 0 fully saturated rings. The van der Waals surface area contributed by atoms with Gasteiger partial charge in [0, 0.05) is 26.4 Å². The van der Waals surface area contributed by atoms with E-state index in [9.17, 15) is 9.59 Å². The molecular weight excluding hydrogens is 440 g/mol. The molecule has 144 valence electrons. The van der Waals surface area contributed by atoms with Crippen LogP contribution in [-0.4, -0.2) is 11.7 Å². The van der Waals surface area contributed by atoms with Crippen molar-refractivity contribution in [2.24, 2.45) is 0 Å². The zero-order valence-corrected chi connectivity index (χ0v) is 17.8. The van der Waals surface area contributed by atoms with Gasteiger partial charge in [0.05, 0.1) is 5.75 Å². The summed E-state index contributed by atoms with van der Waals surface area (Å²) in [7, 11) is 0. The second kappa shape index (κ2) is 8.13. The number of benzene rings is 2. The van der Waals surface area contributed by atoms with E-state index < -0.39 is 5.63 Å². The van der Waals surface area contributed by atoms with Gasteiger partial charge < -0.3 is 9.15 Å². The molecule has 0 unspecified atom stereocenters. The Morgan fingerprint density at radius 3 is 2.75 bits per heavy atom. The van der Waals surface area contributed by atoms with Crippen LogP contribution in [0.15, 0.2) is 55.0 Å². The van der Waals surface area contributed by atoms with Gasteiger partial charge in [0.25, 0.3) is 0 Å². The smallest absolute Gasteiger partial charge is 0.336 e. The summed E-state index contributed by atoms with van der Waals surface area (Å²) in [5.41, 5.74) is 4.48. The molecule has 4 rings (SSSR count). The van der Waals surface area contributed by atoms with Crippen molar-refractivity contribution in [3.63, 3.8) is 0 Å². The van der Waals surface area contributed by atoms with Crippen molar-refractivity contribution in [3.8, 4) is 0 Å². The highest BCUT2D eigenvalue weighted by Crippen LogP contribution is 2.29. The fourth-order valence-corrected chi connectivity index (χ4v) is 4.81. The molecular formula is C22H19BrO4S. The maximum absolute atomic E-state index is 12.2. The van der Waals surface area contributed by atoms with E-state index in [1.807, 2.05) is 31.2 Å². The summed E-state index contributed by atoms with van der Waals surface area (Å²) in [6.45, 7) is 2.08. The molecule has 0 aliphatic heterocycles. The Kier molecular flexibility index (Phi) is 5.60. The molecule has 1 aliphatic rings. The topological polar surface area (TPSA) is 56.5 Å². The monoisotopic (exact) mass is 458 g/mol. The first-order valence-corrected chi connectivity index (χ1v) is 10.9. The lowest BCUT2D eigenvalue weighted by Gasteiger charge is -2.10. The summed E-state index contributed by atoms with van der Waals surface area (Å²) in [4.78, 5) is 25.2. The Bertz CT molecular complexity index is 1120. The summed E-state index contributed by atoms with van der Waals surface area (Å²) < 4.78 is 11.8. The van der Waals surface area contributed by atoms with Crippen molar-refractivity contribution in [2.45, 2.75) is 37.7 Å². The van der Waals surface area contributed by atoms with Crippen LogP contribution in [0.25, 0.3) is 11.0 Å². The summed E-state index contributed by atoms with van der Waals surface area (Å²) >= 11 is 4.88. The Morgan fingerprint density at radius 2 is 1.96 bits per heavy atom. The molecule has 4 nitrogen and oxygen atoms in total. The SMILES string of the molecule is Cc1cc(Br)ccc1SCC(=O)OCc1cc(=O)oc2cc3c(cc12)CCC3. The number of carbonyl (C=O) groups is 1. The van der Waals surface area contributed by atoms with Crippen molar-refractivity contribution in [1.82, 2.24) is 0 Å². The van der Waals surface area contributed by atoms with Crippen molar-refractivity contribution < 1.29 is 13.9 Å². The number of fused-ring (bicyclic) bond motifs is 2. The molecule has 1 aromatic heterocycles. The van der Waals surface area contributed by atoms with Gasteiger partial charge in [-0.2, -0.15) is 0 Å². The molecule has 28 heavy (non-hydrogen) atoms.